The number of rotatable bonds is 6. The van der Waals surface area contributed by atoms with Crippen LogP contribution in [0.4, 0.5) is 5.69 Å². The molecule has 0 aliphatic heterocycles. The molecule has 4 nitrogen and oxygen atoms in total. The van der Waals surface area contributed by atoms with Crippen LogP contribution in [0.15, 0.2) is 60.3 Å². The van der Waals surface area contributed by atoms with E-state index in [4.69, 9.17) is 23.2 Å². The SMILES string of the molecule is CC(C)N(Cc1ccccc1)C(=O)/C(C#N)=C\Nc1cccc(Cl)c1Cl. The molecule has 0 aliphatic rings. The fraction of sp³-hybridized carbons (Fsp3) is 0.200. The van der Waals surface area contributed by atoms with Crippen LogP contribution in [0.2, 0.25) is 10.0 Å². The van der Waals surface area contributed by atoms with Gasteiger partial charge in [-0.3, -0.25) is 4.79 Å². The summed E-state index contributed by atoms with van der Waals surface area (Å²) in [5.74, 6) is -0.350. The number of nitriles is 1. The number of carbonyl (C=O) groups is 1. The molecule has 0 saturated heterocycles. The summed E-state index contributed by atoms with van der Waals surface area (Å²) in [7, 11) is 0. The normalized spacial score (nSPS) is 11.2. The van der Waals surface area contributed by atoms with Gasteiger partial charge in [0.15, 0.2) is 0 Å². The Balaban J connectivity index is 2.22. The number of hydrogen-bond donors (Lipinski definition) is 1. The second-order valence-corrected chi connectivity index (χ2v) is 6.71. The monoisotopic (exact) mass is 387 g/mol. The molecule has 0 radical (unpaired) electrons. The van der Waals surface area contributed by atoms with Crippen molar-refractivity contribution < 1.29 is 4.79 Å². The van der Waals surface area contributed by atoms with Gasteiger partial charge in [0.25, 0.3) is 5.91 Å². The van der Waals surface area contributed by atoms with Crippen molar-refractivity contribution >= 4 is 34.8 Å². The summed E-state index contributed by atoms with van der Waals surface area (Å²) in [4.78, 5) is 14.5. The van der Waals surface area contributed by atoms with Crippen LogP contribution in [0.1, 0.15) is 19.4 Å². The third-order valence-corrected chi connectivity index (χ3v) is 4.57. The minimum absolute atomic E-state index is 0.00864. The summed E-state index contributed by atoms with van der Waals surface area (Å²) in [6.45, 7) is 4.25. The van der Waals surface area contributed by atoms with Crippen LogP contribution in [-0.2, 0) is 11.3 Å². The first-order chi connectivity index (χ1) is 12.4. The molecule has 1 N–H and O–H groups in total. The number of benzene rings is 2. The van der Waals surface area contributed by atoms with Crippen molar-refractivity contribution in [1.29, 1.82) is 5.26 Å². The molecule has 0 fully saturated rings. The summed E-state index contributed by atoms with van der Waals surface area (Å²) in [5.41, 5.74) is 1.52. The third kappa shape index (κ3) is 5.01. The summed E-state index contributed by atoms with van der Waals surface area (Å²) >= 11 is 12.1. The van der Waals surface area contributed by atoms with E-state index in [1.165, 1.54) is 6.20 Å². The van der Waals surface area contributed by atoms with E-state index >= 15 is 0 Å². The molecule has 2 rings (SSSR count). The van der Waals surface area contributed by atoms with Crippen LogP contribution < -0.4 is 5.32 Å². The Morgan fingerprint density at radius 2 is 1.88 bits per heavy atom. The highest BCUT2D eigenvalue weighted by atomic mass is 35.5. The molecule has 0 atom stereocenters. The molecule has 0 unspecified atom stereocenters. The van der Waals surface area contributed by atoms with E-state index in [9.17, 15) is 10.1 Å². The van der Waals surface area contributed by atoms with Gasteiger partial charge in [0.1, 0.15) is 11.6 Å². The Morgan fingerprint density at radius 3 is 2.50 bits per heavy atom. The first kappa shape index (κ1) is 19.8. The summed E-state index contributed by atoms with van der Waals surface area (Å²) in [6, 6.07) is 16.7. The van der Waals surface area contributed by atoms with E-state index in [1.807, 2.05) is 50.2 Å². The van der Waals surface area contributed by atoms with Gasteiger partial charge in [0.2, 0.25) is 0 Å². The molecular weight excluding hydrogens is 369 g/mol. The number of anilines is 1. The van der Waals surface area contributed by atoms with Crippen LogP contribution in [0, 0.1) is 11.3 Å². The van der Waals surface area contributed by atoms with Gasteiger partial charge in [-0.05, 0) is 31.5 Å². The number of amides is 1. The fourth-order valence-electron chi connectivity index (χ4n) is 2.33. The van der Waals surface area contributed by atoms with E-state index < -0.39 is 0 Å². The molecule has 6 heteroatoms. The summed E-state index contributed by atoms with van der Waals surface area (Å²) in [6.07, 6.45) is 1.36. The molecule has 1 amide bonds. The zero-order valence-electron chi connectivity index (χ0n) is 14.5. The standard InChI is InChI=1S/C20H19Cl2N3O/c1-14(2)25(13-15-7-4-3-5-8-15)20(26)16(11-23)12-24-18-10-6-9-17(21)19(18)22/h3-10,12,14,24H,13H2,1-2H3/b16-12-. The van der Waals surface area contributed by atoms with Crippen LogP contribution in [-0.4, -0.2) is 16.8 Å². The van der Waals surface area contributed by atoms with Gasteiger partial charge < -0.3 is 10.2 Å². The van der Waals surface area contributed by atoms with E-state index in [0.717, 1.165) is 5.56 Å². The molecule has 0 aliphatic carbocycles. The average molecular weight is 388 g/mol. The molecule has 0 saturated carbocycles. The van der Waals surface area contributed by atoms with Crippen molar-refractivity contribution in [1.82, 2.24) is 4.90 Å². The number of hydrogen-bond acceptors (Lipinski definition) is 3. The van der Waals surface area contributed by atoms with E-state index in [2.05, 4.69) is 5.32 Å². The highest BCUT2D eigenvalue weighted by Crippen LogP contribution is 2.29. The summed E-state index contributed by atoms with van der Waals surface area (Å²) < 4.78 is 0. The van der Waals surface area contributed by atoms with Gasteiger partial charge in [-0.25, -0.2) is 0 Å². The fourth-order valence-corrected chi connectivity index (χ4v) is 2.69. The molecule has 0 heterocycles. The van der Waals surface area contributed by atoms with Crippen molar-refractivity contribution in [3.8, 4) is 6.07 Å². The van der Waals surface area contributed by atoms with Gasteiger partial charge in [0.05, 0.1) is 15.7 Å². The molecular formula is C20H19Cl2N3O. The second kappa shape index (κ2) is 9.28. The zero-order chi connectivity index (χ0) is 19.1. The van der Waals surface area contributed by atoms with E-state index in [1.54, 1.807) is 23.1 Å². The van der Waals surface area contributed by atoms with Gasteiger partial charge in [0, 0.05) is 18.8 Å². The Morgan fingerprint density at radius 1 is 1.19 bits per heavy atom. The molecule has 134 valence electrons. The van der Waals surface area contributed by atoms with Crippen LogP contribution in [0.3, 0.4) is 0 Å². The van der Waals surface area contributed by atoms with Crippen LogP contribution in [0.5, 0.6) is 0 Å². The van der Waals surface area contributed by atoms with Gasteiger partial charge in [-0.15, -0.1) is 0 Å². The van der Waals surface area contributed by atoms with Crippen molar-refractivity contribution in [3.63, 3.8) is 0 Å². The Hall–Kier alpha value is -2.48. The quantitative estimate of drug-likeness (QED) is 0.543. The lowest BCUT2D eigenvalue weighted by Gasteiger charge is -2.26. The molecule has 2 aromatic carbocycles. The predicted octanol–water partition coefficient (Wildman–Crippen LogP) is 5.25. The number of nitrogens with one attached hydrogen (secondary N) is 1. The Kier molecular flexibility index (Phi) is 7.08. The maximum atomic E-state index is 12.8. The number of halogens is 2. The lowest BCUT2D eigenvalue weighted by molar-refractivity contribution is -0.129. The van der Waals surface area contributed by atoms with Gasteiger partial charge >= 0.3 is 0 Å². The highest BCUT2D eigenvalue weighted by molar-refractivity contribution is 6.43. The largest absolute Gasteiger partial charge is 0.359 e. The molecule has 0 bridgehead atoms. The Bertz CT molecular complexity index is 842. The number of nitrogens with zero attached hydrogens (tertiary/aromatic N) is 2. The number of carbonyl (C=O) groups excluding carboxylic acids is 1. The minimum Gasteiger partial charge on any atom is -0.359 e. The van der Waals surface area contributed by atoms with Gasteiger partial charge in [-0.1, -0.05) is 59.6 Å². The van der Waals surface area contributed by atoms with Crippen molar-refractivity contribution in [2.24, 2.45) is 0 Å². The zero-order valence-corrected chi connectivity index (χ0v) is 16.1. The lowest BCUT2D eigenvalue weighted by atomic mass is 10.1. The first-order valence-corrected chi connectivity index (χ1v) is 8.85. The van der Waals surface area contributed by atoms with Crippen molar-refractivity contribution in [2.75, 3.05) is 5.32 Å². The second-order valence-electron chi connectivity index (χ2n) is 5.93. The average Bonchev–Trinajstić information content (AvgIpc) is 2.64. The van der Waals surface area contributed by atoms with Crippen molar-refractivity contribution in [2.45, 2.75) is 26.4 Å². The third-order valence-electron chi connectivity index (χ3n) is 3.75. The molecule has 0 spiro atoms. The molecule has 26 heavy (non-hydrogen) atoms. The van der Waals surface area contributed by atoms with Gasteiger partial charge in [-0.2, -0.15) is 5.26 Å². The van der Waals surface area contributed by atoms with Crippen molar-refractivity contribution in [3.05, 3.63) is 75.9 Å². The van der Waals surface area contributed by atoms with Crippen LogP contribution >= 0.6 is 23.2 Å². The predicted molar refractivity (Wildman–Crippen MR) is 106 cm³/mol. The maximum Gasteiger partial charge on any atom is 0.266 e. The van der Waals surface area contributed by atoms with Crippen LogP contribution in [0.25, 0.3) is 0 Å². The summed E-state index contributed by atoms with van der Waals surface area (Å²) in [5, 5.41) is 13.1. The molecule has 0 aromatic heterocycles. The highest BCUT2D eigenvalue weighted by Gasteiger charge is 2.21. The first-order valence-electron chi connectivity index (χ1n) is 8.09. The maximum absolute atomic E-state index is 12.8. The van der Waals surface area contributed by atoms with E-state index in [0.29, 0.717) is 22.3 Å². The lowest BCUT2D eigenvalue weighted by Crippen LogP contribution is -2.37. The minimum atomic E-state index is -0.350. The topological polar surface area (TPSA) is 56.1 Å². The Labute approximate surface area is 163 Å². The molecule has 2 aromatic rings. The smallest absolute Gasteiger partial charge is 0.266 e. The van der Waals surface area contributed by atoms with E-state index in [-0.39, 0.29) is 17.5 Å².